The number of nitrogens with zero attached hydrogens (tertiary/aromatic N) is 3. The van der Waals surface area contributed by atoms with Crippen LogP contribution in [0, 0.1) is 5.92 Å². The van der Waals surface area contributed by atoms with Gasteiger partial charge in [0.15, 0.2) is 5.16 Å². The minimum absolute atomic E-state index is 0.0372. The second kappa shape index (κ2) is 8.35. The fourth-order valence-corrected chi connectivity index (χ4v) is 5.85. The number of aromatic nitrogens is 2. The molecule has 0 N–H and O–H groups in total. The summed E-state index contributed by atoms with van der Waals surface area (Å²) in [5, 5.41) is 1.23. The molecule has 3 rings (SSSR count). The zero-order chi connectivity index (χ0) is 19.7. The molecule has 148 valence electrons. The number of thioether (sulfide) groups is 1. The van der Waals surface area contributed by atoms with Crippen LogP contribution in [0.15, 0.2) is 9.95 Å². The molecule has 5 nitrogen and oxygen atoms in total. The van der Waals surface area contributed by atoms with E-state index >= 15 is 0 Å². The minimum Gasteiger partial charge on any atom is -0.348 e. The van der Waals surface area contributed by atoms with Crippen LogP contribution in [-0.2, 0) is 24.2 Å². The molecule has 7 heteroatoms. The quantitative estimate of drug-likeness (QED) is 0.537. The highest BCUT2D eigenvalue weighted by Crippen LogP contribution is 2.35. The molecule has 0 saturated carbocycles. The summed E-state index contributed by atoms with van der Waals surface area (Å²) in [4.78, 5) is 34.4. The molecule has 0 saturated heterocycles. The molecule has 1 aliphatic rings. The van der Waals surface area contributed by atoms with Crippen LogP contribution in [0.3, 0.4) is 0 Å². The van der Waals surface area contributed by atoms with E-state index in [1.165, 1.54) is 28.6 Å². The summed E-state index contributed by atoms with van der Waals surface area (Å²) in [5.41, 5.74) is 1.30. The van der Waals surface area contributed by atoms with Crippen molar-refractivity contribution in [3.8, 4) is 0 Å². The van der Waals surface area contributed by atoms with Crippen LogP contribution in [0.25, 0.3) is 10.2 Å². The lowest BCUT2D eigenvalue weighted by molar-refractivity contribution is -0.127. The Labute approximate surface area is 169 Å². The average Bonchev–Trinajstić information content (AvgIpc) is 2.98. The Morgan fingerprint density at radius 3 is 2.63 bits per heavy atom. The fraction of sp³-hybridized carbons (Fsp3) is 0.650. The van der Waals surface area contributed by atoms with Gasteiger partial charge in [-0.05, 0) is 50.5 Å². The summed E-state index contributed by atoms with van der Waals surface area (Å²) in [6.45, 7) is 6.85. The zero-order valence-corrected chi connectivity index (χ0v) is 18.5. The molecule has 27 heavy (non-hydrogen) atoms. The third-order valence-corrected chi connectivity index (χ3v) is 7.30. The number of fused-ring (bicyclic) bond motifs is 3. The lowest BCUT2D eigenvalue weighted by Gasteiger charge is -2.19. The van der Waals surface area contributed by atoms with E-state index < -0.39 is 0 Å². The molecule has 2 heterocycles. The number of carbonyl (C=O) groups is 1. The van der Waals surface area contributed by atoms with Crippen molar-refractivity contribution in [2.75, 3.05) is 14.1 Å². The van der Waals surface area contributed by atoms with Gasteiger partial charge in [-0.1, -0.05) is 25.6 Å². The largest absolute Gasteiger partial charge is 0.348 e. The lowest BCUT2D eigenvalue weighted by Crippen LogP contribution is -2.31. The number of rotatable bonds is 6. The summed E-state index contributed by atoms with van der Waals surface area (Å²) < 4.78 is 1.81. The smallest absolute Gasteiger partial charge is 0.263 e. The Hall–Kier alpha value is -1.34. The highest BCUT2D eigenvalue weighted by molar-refractivity contribution is 8.00. The lowest BCUT2D eigenvalue weighted by atomic mass is 9.97. The molecule has 0 aliphatic heterocycles. The second-order valence-electron chi connectivity index (χ2n) is 7.92. The summed E-state index contributed by atoms with van der Waals surface area (Å²) in [5.74, 6) is 0.540. The van der Waals surface area contributed by atoms with Gasteiger partial charge in [0, 0.05) is 25.5 Å². The molecule has 0 fully saturated rings. The van der Waals surface area contributed by atoms with E-state index in [-0.39, 0.29) is 16.7 Å². The highest BCUT2D eigenvalue weighted by Gasteiger charge is 2.24. The van der Waals surface area contributed by atoms with E-state index in [1.807, 2.05) is 11.5 Å². The van der Waals surface area contributed by atoms with Crippen molar-refractivity contribution in [3.63, 3.8) is 0 Å². The number of hydrogen-bond acceptors (Lipinski definition) is 5. The first-order valence-electron chi connectivity index (χ1n) is 9.72. The Bertz CT molecular complexity index is 899. The number of carbonyl (C=O) groups excluding carboxylic acids is 1. The Balaban J connectivity index is 2.08. The number of amides is 1. The second-order valence-corrected chi connectivity index (χ2v) is 10.3. The van der Waals surface area contributed by atoms with Crippen LogP contribution < -0.4 is 5.56 Å². The third-order valence-electron chi connectivity index (χ3n) is 5.04. The standard InChI is InChI=1S/C20H29N3O2S2/c1-12(2)10-11-23-19(25)16-14-8-6-7-9-15(14)27-17(16)21-20(23)26-13(3)18(24)22(4)5/h12-13H,6-11H2,1-5H3/t13-/m0/s1. The fourth-order valence-electron chi connectivity index (χ4n) is 3.47. The molecule has 1 amide bonds. The Kier molecular flexibility index (Phi) is 6.31. The van der Waals surface area contributed by atoms with E-state index in [0.717, 1.165) is 35.9 Å². The van der Waals surface area contributed by atoms with Gasteiger partial charge in [0.1, 0.15) is 4.83 Å². The van der Waals surface area contributed by atoms with Gasteiger partial charge in [0.25, 0.3) is 5.56 Å². The van der Waals surface area contributed by atoms with Gasteiger partial charge in [-0.2, -0.15) is 0 Å². The summed E-state index contributed by atoms with van der Waals surface area (Å²) in [6, 6.07) is 0. The van der Waals surface area contributed by atoms with E-state index in [1.54, 1.807) is 30.3 Å². The zero-order valence-electron chi connectivity index (χ0n) is 16.9. The maximum atomic E-state index is 13.4. The molecular weight excluding hydrogens is 378 g/mol. The van der Waals surface area contributed by atoms with Crippen molar-refractivity contribution in [2.24, 2.45) is 5.92 Å². The summed E-state index contributed by atoms with van der Waals surface area (Å²) in [7, 11) is 3.52. The van der Waals surface area contributed by atoms with Crippen molar-refractivity contribution in [1.29, 1.82) is 0 Å². The van der Waals surface area contributed by atoms with Gasteiger partial charge in [-0.25, -0.2) is 4.98 Å². The van der Waals surface area contributed by atoms with Gasteiger partial charge in [-0.3, -0.25) is 14.2 Å². The molecular formula is C20H29N3O2S2. The van der Waals surface area contributed by atoms with E-state index in [9.17, 15) is 9.59 Å². The van der Waals surface area contributed by atoms with Crippen LogP contribution in [0.4, 0.5) is 0 Å². The maximum absolute atomic E-state index is 13.4. The van der Waals surface area contributed by atoms with E-state index in [4.69, 9.17) is 4.98 Å². The number of thiophene rings is 1. The predicted octanol–water partition coefficient (Wildman–Crippen LogP) is 3.95. The summed E-state index contributed by atoms with van der Waals surface area (Å²) >= 11 is 3.07. The first-order chi connectivity index (χ1) is 12.8. The van der Waals surface area contributed by atoms with Crippen molar-refractivity contribution in [2.45, 2.75) is 69.8 Å². The van der Waals surface area contributed by atoms with Crippen molar-refractivity contribution in [1.82, 2.24) is 14.5 Å². The van der Waals surface area contributed by atoms with Crippen LogP contribution in [-0.4, -0.2) is 39.7 Å². The third kappa shape index (κ3) is 4.24. The molecule has 1 aliphatic carbocycles. The molecule has 0 unspecified atom stereocenters. The minimum atomic E-state index is -0.274. The highest BCUT2D eigenvalue weighted by atomic mass is 32.2. The van der Waals surface area contributed by atoms with Crippen LogP contribution >= 0.6 is 23.1 Å². The predicted molar refractivity (Wildman–Crippen MR) is 114 cm³/mol. The van der Waals surface area contributed by atoms with Crippen LogP contribution in [0.1, 0.15) is 50.5 Å². The van der Waals surface area contributed by atoms with Gasteiger partial charge in [-0.15, -0.1) is 11.3 Å². The van der Waals surface area contributed by atoms with Crippen molar-refractivity contribution in [3.05, 3.63) is 20.8 Å². The first-order valence-corrected chi connectivity index (χ1v) is 11.4. The van der Waals surface area contributed by atoms with Crippen LogP contribution in [0.2, 0.25) is 0 Å². The molecule has 0 bridgehead atoms. The molecule has 2 aromatic rings. The van der Waals surface area contributed by atoms with Gasteiger partial charge < -0.3 is 4.90 Å². The average molecular weight is 408 g/mol. The first kappa shape index (κ1) is 20.4. The molecule has 0 radical (unpaired) electrons. The number of aryl methyl sites for hydroxylation is 2. The normalized spacial score (nSPS) is 15.2. The topological polar surface area (TPSA) is 55.2 Å². The van der Waals surface area contributed by atoms with Gasteiger partial charge in [0.2, 0.25) is 5.91 Å². The monoisotopic (exact) mass is 407 g/mol. The molecule has 1 atom stereocenters. The molecule has 2 aromatic heterocycles. The van der Waals surface area contributed by atoms with E-state index in [0.29, 0.717) is 17.6 Å². The Morgan fingerprint density at radius 2 is 1.96 bits per heavy atom. The molecule has 0 spiro atoms. The maximum Gasteiger partial charge on any atom is 0.263 e. The SMILES string of the molecule is CC(C)CCn1c(S[C@@H](C)C(=O)N(C)C)nc2sc3c(c2c1=O)CCCC3. The van der Waals surface area contributed by atoms with Gasteiger partial charge in [0.05, 0.1) is 10.6 Å². The Morgan fingerprint density at radius 1 is 1.26 bits per heavy atom. The van der Waals surface area contributed by atoms with Gasteiger partial charge >= 0.3 is 0 Å². The summed E-state index contributed by atoms with van der Waals surface area (Å²) in [6.07, 6.45) is 5.30. The van der Waals surface area contributed by atoms with Crippen molar-refractivity contribution >= 4 is 39.2 Å². The molecule has 0 aromatic carbocycles. The van der Waals surface area contributed by atoms with E-state index in [2.05, 4.69) is 13.8 Å². The van der Waals surface area contributed by atoms with Crippen LogP contribution in [0.5, 0.6) is 0 Å². The number of hydrogen-bond donors (Lipinski definition) is 0. The van der Waals surface area contributed by atoms with Crippen molar-refractivity contribution < 1.29 is 4.79 Å².